The average molecular weight is 219 g/mol. The van der Waals surface area contributed by atoms with E-state index in [1.54, 1.807) is 12.4 Å². The topological polar surface area (TPSA) is 68.0 Å². The van der Waals surface area contributed by atoms with Crippen LogP contribution in [0.5, 0.6) is 0 Å². The fourth-order valence-corrected chi connectivity index (χ4v) is 1.66. The Morgan fingerprint density at radius 1 is 1.44 bits per heavy atom. The Kier molecular flexibility index (Phi) is 3.19. The number of hydrogen-bond acceptors (Lipinski definition) is 3. The molecule has 1 fully saturated rings. The van der Waals surface area contributed by atoms with Crippen molar-refractivity contribution < 1.29 is 4.79 Å². The molecular weight excluding hydrogens is 202 g/mol. The third-order valence-electron chi connectivity index (χ3n) is 3.16. The zero-order chi connectivity index (χ0) is 11.4. The van der Waals surface area contributed by atoms with Crippen molar-refractivity contribution in [3.63, 3.8) is 0 Å². The van der Waals surface area contributed by atoms with E-state index in [0.29, 0.717) is 19.5 Å². The summed E-state index contributed by atoms with van der Waals surface area (Å²) in [5, 5.41) is 2.95. The van der Waals surface area contributed by atoms with Gasteiger partial charge in [-0.3, -0.25) is 9.78 Å². The molecule has 0 radical (unpaired) electrons. The molecule has 2 rings (SSSR count). The van der Waals surface area contributed by atoms with Gasteiger partial charge in [-0.15, -0.1) is 0 Å². The van der Waals surface area contributed by atoms with Crippen molar-refractivity contribution in [1.82, 2.24) is 10.3 Å². The Balaban J connectivity index is 1.77. The van der Waals surface area contributed by atoms with E-state index in [1.165, 1.54) is 0 Å². The summed E-state index contributed by atoms with van der Waals surface area (Å²) in [7, 11) is 0. The van der Waals surface area contributed by atoms with Crippen LogP contribution in [0.15, 0.2) is 24.5 Å². The number of carbonyl (C=O) groups excluding carboxylic acids is 1. The highest BCUT2D eigenvalue weighted by Gasteiger charge is 2.41. The van der Waals surface area contributed by atoms with Crippen molar-refractivity contribution in [2.45, 2.75) is 19.3 Å². The Labute approximate surface area is 95.3 Å². The van der Waals surface area contributed by atoms with Crippen LogP contribution in [0.25, 0.3) is 0 Å². The van der Waals surface area contributed by atoms with Crippen LogP contribution < -0.4 is 11.1 Å². The van der Waals surface area contributed by atoms with Crippen LogP contribution in [0.1, 0.15) is 18.4 Å². The Morgan fingerprint density at radius 2 is 2.12 bits per heavy atom. The number of rotatable bonds is 5. The van der Waals surface area contributed by atoms with Gasteiger partial charge < -0.3 is 11.1 Å². The summed E-state index contributed by atoms with van der Waals surface area (Å²) < 4.78 is 0. The lowest BCUT2D eigenvalue weighted by molar-refractivity contribution is -0.120. The molecule has 3 N–H and O–H groups in total. The van der Waals surface area contributed by atoms with Gasteiger partial charge in [0.05, 0.1) is 6.42 Å². The van der Waals surface area contributed by atoms with E-state index in [2.05, 4.69) is 10.3 Å². The first kappa shape index (κ1) is 11.1. The molecule has 1 heterocycles. The van der Waals surface area contributed by atoms with Crippen LogP contribution in [0.4, 0.5) is 0 Å². The minimum absolute atomic E-state index is 0.0610. The molecule has 0 aromatic carbocycles. The largest absolute Gasteiger partial charge is 0.355 e. The van der Waals surface area contributed by atoms with Gasteiger partial charge in [0.2, 0.25) is 5.91 Å². The SMILES string of the molecule is NCC1(CNC(=O)Cc2ccncc2)CC1. The second-order valence-electron chi connectivity index (χ2n) is 4.51. The number of hydrogen-bond donors (Lipinski definition) is 2. The van der Waals surface area contributed by atoms with Gasteiger partial charge in [-0.1, -0.05) is 0 Å². The molecule has 1 aliphatic carbocycles. The summed E-state index contributed by atoms with van der Waals surface area (Å²) in [6, 6.07) is 3.71. The molecule has 0 spiro atoms. The van der Waals surface area contributed by atoms with E-state index in [-0.39, 0.29) is 11.3 Å². The van der Waals surface area contributed by atoms with Gasteiger partial charge in [-0.2, -0.15) is 0 Å². The first-order chi connectivity index (χ1) is 7.74. The van der Waals surface area contributed by atoms with Gasteiger partial charge in [0.15, 0.2) is 0 Å². The summed E-state index contributed by atoms with van der Waals surface area (Å²) in [6.45, 7) is 1.38. The molecule has 0 saturated heterocycles. The van der Waals surface area contributed by atoms with Gasteiger partial charge in [0, 0.05) is 18.9 Å². The molecule has 1 saturated carbocycles. The van der Waals surface area contributed by atoms with Crippen LogP contribution in [0.3, 0.4) is 0 Å². The summed E-state index contributed by atoms with van der Waals surface area (Å²) in [4.78, 5) is 15.5. The summed E-state index contributed by atoms with van der Waals surface area (Å²) in [5.74, 6) is 0.0610. The average Bonchev–Trinajstić information content (AvgIpc) is 3.09. The first-order valence-electron chi connectivity index (χ1n) is 5.60. The number of aromatic nitrogens is 1. The highest BCUT2D eigenvalue weighted by Crippen LogP contribution is 2.43. The monoisotopic (exact) mass is 219 g/mol. The molecule has 1 aromatic rings. The van der Waals surface area contributed by atoms with E-state index < -0.39 is 0 Å². The fraction of sp³-hybridized carbons (Fsp3) is 0.500. The number of amides is 1. The molecule has 4 nitrogen and oxygen atoms in total. The van der Waals surface area contributed by atoms with Gasteiger partial charge in [-0.25, -0.2) is 0 Å². The Bertz CT molecular complexity index is 360. The van der Waals surface area contributed by atoms with Gasteiger partial charge in [-0.05, 0) is 42.5 Å². The van der Waals surface area contributed by atoms with Crippen molar-refractivity contribution in [3.05, 3.63) is 30.1 Å². The lowest BCUT2D eigenvalue weighted by Crippen LogP contribution is -2.34. The molecule has 0 unspecified atom stereocenters. The lowest BCUT2D eigenvalue weighted by Gasteiger charge is -2.13. The predicted molar refractivity (Wildman–Crippen MR) is 61.7 cm³/mol. The maximum absolute atomic E-state index is 11.6. The number of nitrogens with zero attached hydrogens (tertiary/aromatic N) is 1. The first-order valence-corrected chi connectivity index (χ1v) is 5.60. The lowest BCUT2D eigenvalue weighted by atomic mass is 10.1. The van der Waals surface area contributed by atoms with Crippen LogP contribution in [0.2, 0.25) is 0 Å². The van der Waals surface area contributed by atoms with E-state index in [9.17, 15) is 4.79 Å². The maximum atomic E-state index is 11.6. The van der Waals surface area contributed by atoms with Crippen LogP contribution in [-0.2, 0) is 11.2 Å². The number of pyridine rings is 1. The molecule has 1 aliphatic rings. The van der Waals surface area contributed by atoms with Gasteiger partial charge >= 0.3 is 0 Å². The fourth-order valence-electron chi connectivity index (χ4n) is 1.66. The van der Waals surface area contributed by atoms with Crippen molar-refractivity contribution in [2.75, 3.05) is 13.1 Å². The van der Waals surface area contributed by atoms with Crippen LogP contribution >= 0.6 is 0 Å². The second-order valence-corrected chi connectivity index (χ2v) is 4.51. The number of carbonyl (C=O) groups is 1. The number of nitrogens with one attached hydrogen (secondary N) is 1. The summed E-state index contributed by atoms with van der Waals surface area (Å²) >= 11 is 0. The van der Waals surface area contributed by atoms with Crippen molar-refractivity contribution in [1.29, 1.82) is 0 Å². The Morgan fingerprint density at radius 3 is 2.69 bits per heavy atom. The van der Waals surface area contributed by atoms with Crippen molar-refractivity contribution >= 4 is 5.91 Å². The minimum atomic E-state index is 0.0610. The van der Waals surface area contributed by atoms with Crippen molar-refractivity contribution in [3.8, 4) is 0 Å². The molecule has 1 amide bonds. The van der Waals surface area contributed by atoms with Gasteiger partial charge in [0.1, 0.15) is 0 Å². The minimum Gasteiger partial charge on any atom is -0.355 e. The summed E-state index contributed by atoms with van der Waals surface area (Å²) in [5.41, 5.74) is 6.84. The smallest absolute Gasteiger partial charge is 0.224 e. The molecule has 4 heteroatoms. The molecule has 0 atom stereocenters. The van der Waals surface area contributed by atoms with E-state index in [0.717, 1.165) is 18.4 Å². The quantitative estimate of drug-likeness (QED) is 0.757. The molecule has 0 bridgehead atoms. The molecule has 1 aromatic heterocycles. The highest BCUT2D eigenvalue weighted by molar-refractivity contribution is 5.78. The zero-order valence-electron chi connectivity index (χ0n) is 9.28. The van der Waals surface area contributed by atoms with E-state index in [1.807, 2.05) is 12.1 Å². The standard InChI is InChI=1S/C12H17N3O/c13-8-12(3-4-12)9-15-11(16)7-10-1-5-14-6-2-10/h1-2,5-6H,3-4,7-9,13H2,(H,15,16). The molecule has 86 valence electrons. The van der Waals surface area contributed by atoms with Crippen molar-refractivity contribution in [2.24, 2.45) is 11.1 Å². The molecular formula is C12H17N3O. The van der Waals surface area contributed by atoms with E-state index >= 15 is 0 Å². The normalized spacial score (nSPS) is 16.8. The highest BCUT2D eigenvalue weighted by atomic mass is 16.1. The van der Waals surface area contributed by atoms with Crippen LogP contribution in [0, 0.1) is 5.41 Å². The van der Waals surface area contributed by atoms with Crippen LogP contribution in [-0.4, -0.2) is 24.0 Å². The zero-order valence-corrected chi connectivity index (χ0v) is 9.28. The Hall–Kier alpha value is -1.42. The van der Waals surface area contributed by atoms with Gasteiger partial charge in [0.25, 0.3) is 0 Å². The van der Waals surface area contributed by atoms with E-state index in [4.69, 9.17) is 5.73 Å². The molecule has 0 aliphatic heterocycles. The number of nitrogens with two attached hydrogens (primary N) is 1. The second kappa shape index (κ2) is 4.61. The molecule has 16 heavy (non-hydrogen) atoms. The summed E-state index contributed by atoms with van der Waals surface area (Å²) in [6.07, 6.45) is 6.09. The third kappa shape index (κ3) is 2.79. The maximum Gasteiger partial charge on any atom is 0.224 e. The predicted octanol–water partition coefficient (Wildman–Crippen LogP) is 0.479. The third-order valence-corrected chi connectivity index (χ3v) is 3.16.